The van der Waals surface area contributed by atoms with Gasteiger partial charge in [0, 0.05) is 24.5 Å². The SMILES string of the molecule is CC(=O)Nc1cccc(Nc2ncc(C(N)=O)c(Nc3cccc4nsnc34)n2)c1. The zero-order valence-electron chi connectivity index (χ0n) is 15.7. The number of aromatic nitrogens is 4. The number of hydrogen-bond donors (Lipinski definition) is 4. The number of primary amides is 1. The van der Waals surface area contributed by atoms with Crippen LogP contribution >= 0.6 is 11.7 Å². The molecule has 0 aliphatic rings. The van der Waals surface area contributed by atoms with Crippen LogP contribution < -0.4 is 21.7 Å². The van der Waals surface area contributed by atoms with E-state index in [1.165, 1.54) is 13.1 Å². The van der Waals surface area contributed by atoms with Crippen LogP contribution in [0.4, 0.5) is 28.8 Å². The lowest BCUT2D eigenvalue weighted by atomic mass is 10.2. The van der Waals surface area contributed by atoms with Crippen molar-refractivity contribution in [2.75, 3.05) is 16.0 Å². The standard InChI is InChI=1S/C19H16N8O2S/c1-10(28)22-11-4-2-5-12(8-11)23-19-21-9-13(17(20)29)18(25-19)24-14-6-3-7-15-16(14)27-30-26-15/h2-9H,1H3,(H2,20,29)(H,22,28)(H2,21,23,24,25). The van der Waals surface area contributed by atoms with Crippen molar-refractivity contribution in [2.45, 2.75) is 6.92 Å². The van der Waals surface area contributed by atoms with Crippen LogP contribution in [-0.2, 0) is 4.79 Å². The number of benzene rings is 2. The zero-order chi connectivity index (χ0) is 21.1. The Morgan fingerprint density at radius 3 is 2.63 bits per heavy atom. The van der Waals surface area contributed by atoms with Gasteiger partial charge in [-0.05, 0) is 30.3 Å². The highest BCUT2D eigenvalue weighted by Gasteiger charge is 2.15. The highest BCUT2D eigenvalue weighted by atomic mass is 32.1. The molecule has 0 unspecified atom stereocenters. The molecule has 11 heteroatoms. The van der Waals surface area contributed by atoms with Gasteiger partial charge in [-0.2, -0.15) is 13.7 Å². The summed E-state index contributed by atoms with van der Waals surface area (Å²) in [4.78, 5) is 31.7. The van der Waals surface area contributed by atoms with E-state index in [4.69, 9.17) is 5.73 Å². The van der Waals surface area contributed by atoms with E-state index in [1.807, 2.05) is 12.1 Å². The van der Waals surface area contributed by atoms with Crippen molar-refractivity contribution < 1.29 is 9.59 Å². The predicted molar refractivity (Wildman–Crippen MR) is 115 cm³/mol. The number of nitrogens with two attached hydrogens (primary N) is 1. The molecule has 5 N–H and O–H groups in total. The minimum Gasteiger partial charge on any atom is -0.365 e. The average Bonchev–Trinajstić information content (AvgIpc) is 3.18. The van der Waals surface area contributed by atoms with Gasteiger partial charge in [-0.15, -0.1) is 0 Å². The van der Waals surface area contributed by atoms with Gasteiger partial charge in [-0.3, -0.25) is 9.59 Å². The molecule has 0 aliphatic carbocycles. The summed E-state index contributed by atoms with van der Waals surface area (Å²) >= 11 is 1.09. The number of rotatable bonds is 6. The normalized spacial score (nSPS) is 10.6. The highest BCUT2D eigenvalue weighted by Crippen LogP contribution is 2.27. The molecule has 4 aromatic rings. The fourth-order valence-electron chi connectivity index (χ4n) is 2.76. The summed E-state index contributed by atoms with van der Waals surface area (Å²) in [5, 5.41) is 8.86. The van der Waals surface area contributed by atoms with Gasteiger partial charge in [0.25, 0.3) is 5.91 Å². The number of hydrogen-bond acceptors (Lipinski definition) is 9. The molecule has 2 amide bonds. The first-order valence-corrected chi connectivity index (χ1v) is 9.52. The quantitative estimate of drug-likeness (QED) is 0.372. The van der Waals surface area contributed by atoms with Gasteiger partial charge in [0.2, 0.25) is 11.9 Å². The second-order valence-electron chi connectivity index (χ2n) is 6.27. The second kappa shape index (κ2) is 8.09. The Hall–Kier alpha value is -4.12. The van der Waals surface area contributed by atoms with Gasteiger partial charge in [0.15, 0.2) is 0 Å². The molecular formula is C19H16N8O2S. The first-order chi connectivity index (χ1) is 14.5. The molecule has 0 aliphatic heterocycles. The number of carbonyl (C=O) groups is 2. The van der Waals surface area contributed by atoms with Crippen molar-refractivity contribution >= 4 is 63.4 Å². The molecule has 0 fully saturated rings. The van der Waals surface area contributed by atoms with E-state index >= 15 is 0 Å². The first-order valence-electron chi connectivity index (χ1n) is 8.79. The highest BCUT2D eigenvalue weighted by molar-refractivity contribution is 7.00. The zero-order valence-corrected chi connectivity index (χ0v) is 16.5. The maximum Gasteiger partial charge on any atom is 0.254 e. The largest absolute Gasteiger partial charge is 0.365 e. The summed E-state index contributed by atoms with van der Waals surface area (Å²) in [5.74, 6) is -0.365. The molecular weight excluding hydrogens is 404 g/mol. The Balaban J connectivity index is 1.66. The molecule has 0 atom stereocenters. The Bertz CT molecular complexity index is 1260. The maximum absolute atomic E-state index is 11.9. The van der Waals surface area contributed by atoms with Gasteiger partial charge in [0.05, 0.1) is 17.4 Å². The average molecular weight is 420 g/mol. The molecule has 0 bridgehead atoms. The van der Waals surface area contributed by atoms with Gasteiger partial charge >= 0.3 is 0 Å². The van der Waals surface area contributed by atoms with Crippen molar-refractivity contribution in [3.05, 3.63) is 54.2 Å². The lowest BCUT2D eigenvalue weighted by Crippen LogP contribution is -2.16. The van der Waals surface area contributed by atoms with Gasteiger partial charge in [0.1, 0.15) is 22.4 Å². The molecule has 150 valence electrons. The number of fused-ring (bicyclic) bond motifs is 1. The van der Waals surface area contributed by atoms with E-state index < -0.39 is 5.91 Å². The van der Waals surface area contributed by atoms with Crippen molar-refractivity contribution in [2.24, 2.45) is 5.73 Å². The maximum atomic E-state index is 11.9. The van der Waals surface area contributed by atoms with E-state index in [-0.39, 0.29) is 23.2 Å². The lowest BCUT2D eigenvalue weighted by Gasteiger charge is -2.12. The van der Waals surface area contributed by atoms with E-state index in [9.17, 15) is 9.59 Å². The van der Waals surface area contributed by atoms with Crippen molar-refractivity contribution in [3.63, 3.8) is 0 Å². The monoisotopic (exact) mass is 420 g/mol. The third-order valence-electron chi connectivity index (χ3n) is 4.03. The summed E-state index contributed by atoms with van der Waals surface area (Å²) in [6, 6.07) is 12.5. The fourth-order valence-corrected chi connectivity index (χ4v) is 3.31. The topological polar surface area (TPSA) is 148 Å². The number of amides is 2. The summed E-state index contributed by atoms with van der Waals surface area (Å²) in [7, 11) is 0. The number of carbonyl (C=O) groups excluding carboxylic acids is 2. The minimum atomic E-state index is -0.666. The van der Waals surface area contributed by atoms with Crippen LogP contribution in [0, 0.1) is 0 Å². The van der Waals surface area contributed by atoms with Crippen LogP contribution in [0.5, 0.6) is 0 Å². The summed E-state index contributed by atoms with van der Waals surface area (Å²) in [6.45, 7) is 1.43. The van der Waals surface area contributed by atoms with Gasteiger partial charge in [-0.1, -0.05) is 12.1 Å². The third-order valence-corrected chi connectivity index (χ3v) is 4.57. The first kappa shape index (κ1) is 19.2. The Labute approximate surface area is 174 Å². The van der Waals surface area contributed by atoms with Crippen LogP contribution in [-0.4, -0.2) is 30.5 Å². The lowest BCUT2D eigenvalue weighted by molar-refractivity contribution is -0.114. The van der Waals surface area contributed by atoms with Crippen LogP contribution in [0.2, 0.25) is 0 Å². The summed E-state index contributed by atoms with van der Waals surface area (Å²) in [6.07, 6.45) is 1.34. The fraction of sp³-hybridized carbons (Fsp3) is 0.0526. The number of anilines is 5. The van der Waals surface area contributed by atoms with Crippen molar-refractivity contribution in [1.29, 1.82) is 0 Å². The molecule has 0 spiro atoms. The van der Waals surface area contributed by atoms with Crippen LogP contribution in [0.25, 0.3) is 11.0 Å². The smallest absolute Gasteiger partial charge is 0.254 e. The van der Waals surface area contributed by atoms with Crippen molar-refractivity contribution in [3.8, 4) is 0 Å². The van der Waals surface area contributed by atoms with Gasteiger partial charge in [-0.25, -0.2) is 4.98 Å². The predicted octanol–water partition coefficient (Wildman–Crippen LogP) is 3.03. The number of nitrogens with one attached hydrogen (secondary N) is 3. The third kappa shape index (κ3) is 4.15. The van der Waals surface area contributed by atoms with Crippen LogP contribution in [0.3, 0.4) is 0 Å². The summed E-state index contributed by atoms with van der Waals surface area (Å²) < 4.78 is 8.48. The molecule has 2 aromatic heterocycles. The molecule has 30 heavy (non-hydrogen) atoms. The van der Waals surface area contributed by atoms with Crippen LogP contribution in [0.1, 0.15) is 17.3 Å². The van der Waals surface area contributed by atoms with E-state index in [1.54, 1.807) is 30.3 Å². The Morgan fingerprint density at radius 1 is 1.03 bits per heavy atom. The molecule has 0 saturated heterocycles. The molecule has 10 nitrogen and oxygen atoms in total. The van der Waals surface area contributed by atoms with Crippen LogP contribution in [0.15, 0.2) is 48.7 Å². The second-order valence-corrected chi connectivity index (χ2v) is 6.80. The summed E-state index contributed by atoms with van der Waals surface area (Å²) in [5.41, 5.74) is 8.93. The minimum absolute atomic E-state index is 0.132. The van der Waals surface area contributed by atoms with E-state index in [0.29, 0.717) is 22.6 Å². The molecule has 2 aromatic carbocycles. The van der Waals surface area contributed by atoms with Gasteiger partial charge < -0.3 is 21.7 Å². The Morgan fingerprint density at radius 2 is 1.83 bits per heavy atom. The van der Waals surface area contributed by atoms with E-state index in [0.717, 1.165) is 17.2 Å². The number of nitrogens with zero attached hydrogens (tertiary/aromatic N) is 4. The van der Waals surface area contributed by atoms with E-state index in [2.05, 4.69) is 34.7 Å². The molecule has 4 rings (SSSR count). The molecule has 2 heterocycles. The van der Waals surface area contributed by atoms with Crippen molar-refractivity contribution in [1.82, 2.24) is 18.7 Å². The molecule has 0 radical (unpaired) electrons. The Kier molecular flexibility index (Phi) is 5.18. The molecule has 0 saturated carbocycles.